The maximum Gasteiger partial charge on any atom is 0.226 e. The number of allylic oxidation sites excluding steroid dienone is 1. The van der Waals surface area contributed by atoms with E-state index >= 15 is 0 Å². The lowest BCUT2D eigenvalue weighted by atomic mass is 10.0. The summed E-state index contributed by atoms with van der Waals surface area (Å²) in [5.74, 6) is 0.376. The van der Waals surface area contributed by atoms with Crippen LogP contribution in [0.4, 0.5) is 10.3 Å². The fraction of sp³-hybridized carbons (Fsp3) is 0.0588. The summed E-state index contributed by atoms with van der Waals surface area (Å²) in [7, 11) is 0. The Bertz CT molecular complexity index is 886. The van der Waals surface area contributed by atoms with E-state index in [0.717, 1.165) is 21.3 Å². The van der Waals surface area contributed by atoms with Crippen LogP contribution in [-0.2, 0) is 0 Å². The van der Waals surface area contributed by atoms with Crippen LogP contribution in [0.1, 0.15) is 17.2 Å². The van der Waals surface area contributed by atoms with Gasteiger partial charge in [0.25, 0.3) is 0 Å². The SMILES string of the molecule is Fc1cccc([C@H]2C=C(c3ccc(Br)cc3)Nc3ncnn32)c1. The van der Waals surface area contributed by atoms with E-state index in [9.17, 15) is 4.39 Å². The molecule has 4 rings (SSSR count). The van der Waals surface area contributed by atoms with Gasteiger partial charge in [0.1, 0.15) is 18.2 Å². The summed E-state index contributed by atoms with van der Waals surface area (Å²) in [6.07, 6.45) is 3.52. The van der Waals surface area contributed by atoms with Crippen LogP contribution in [0.15, 0.2) is 65.4 Å². The lowest BCUT2D eigenvalue weighted by molar-refractivity contribution is 0.593. The fourth-order valence-electron chi connectivity index (χ4n) is 2.66. The zero-order valence-corrected chi connectivity index (χ0v) is 13.5. The number of hydrogen-bond acceptors (Lipinski definition) is 3. The van der Waals surface area contributed by atoms with Gasteiger partial charge in [-0.15, -0.1) is 0 Å². The molecule has 0 spiro atoms. The minimum absolute atomic E-state index is 0.205. The number of nitrogens with zero attached hydrogens (tertiary/aromatic N) is 3. The molecule has 2 aromatic carbocycles. The summed E-state index contributed by atoms with van der Waals surface area (Å²) in [6, 6.07) is 14.3. The maximum absolute atomic E-state index is 13.6. The monoisotopic (exact) mass is 370 g/mol. The van der Waals surface area contributed by atoms with E-state index < -0.39 is 0 Å². The smallest absolute Gasteiger partial charge is 0.226 e. The molecule has 0 unspecified atom stereocenters. The van der Waals surface area contributed by atoms with Crippen molar-refractivity contribution in [1.29, 1.82) is 0 Å². The van der Waals surface area contributed by atoms with Crippen molar-refractivity contribution < 1.29 is 4.39 Å². The second-order valence-electron chi connectivity index (χ2n) is 5.24. The lowest BCUT2D eigenvalue weighted by Gasteiger charge is -2.24. The average molecular weight is 371 g/mol. The average Bonchev–Trinajstić information content (AvgIpc) is 3.03. The fourth-order valence-corrected chi connectivity index (χ4v) is 2.92. The molecule has 1 aliphatic rings. The first-order valence-electron chi connectivity index (χ1n) is 7.10. The third kappa shape index (κ3) is 2.66. The molecule has 1 aromatic heterocycles. The van der Waals surface area contributed by atoms with Gasteiger partial charge < -0.3 is 5.32 Å². The Morgan fingerprint density at radius 2 is 1.96 bits per heavy atom. The molecule has 0 amide bonds. The Morgan fingerprint density at radius 3 is 2.74 bits per heavy atom. The van der Waals surface area contributed by atoms with Crippen LogP contribution in [0.3, 0.4) is 0 Å². The number of anilines is 1. The van der Waals surface area contributed by atoms with Crippen molar-refractivity contribution in [2.45, 2.75) is 6.04 Å². The van der Waals surface area contributed by atoms with E-state index in [1.807, 2.05) is 36.4 Å². The van der Waals surface area contributed by atoms with Crippen molar-refractivity contribution in [3.05, 3.63) is 82.4 Å². The largest absolute Gasteiger partial charge is 0.324 e. The Morgan fingerprint density at radius 1 is 1.13 bits per heavy atom. The van der Waals surface area contributed by atoms with Crippen LogP contribution in [-0.4, -0.2) is 14.8 Å². The minimum Gasteiger partial charge on any atom is -0.324 e. The van der Waals surface area contributed by atoms with Gasteiger partial charge in [-0.1, -0.05) is 40.2 Å². The zero-order valence-electron chi connectivity index (χ0n) is 11.9. The topological polar surface area (TPSA) is 42.7 Å². The van der Waals surface area contributed by atoms with E-state index in [4.69, 9.17) is 0 Å². The van der Waals surface area contributed by atoms with Crippen LogP contribution in [0.2, 0.25) is 0 Å². The predicted molar refractivity (Wildman–Crippen MR) is 90.3 cm³/mol. The molecule has 0 bridgehead atoms. The molecule has 3 aromatic rings. The van der Waals surface area contributed by atoms with Crippen molar-refractivity contribution in [2.24, 2.45) is 0 Å². The summed E-state index contributed by atoms with van der Waals surface area (Å²) < 4.78 is 16.4. The van der Waals surface area contributed by atoms with Crippen LogP contribution in [0, 0.1) is 5.82 Å². The summed E-state index contributed by atoms with van der Waals surface area (Å²) >= 11 is 3.44. The molecule has 2 heterocycles. The Hall–Kier alpha value is -2.47. The third-order valence-corrected chi connectivity index (χ3v) is 4.28. The summed E-state index contributed by atoms with van der Waals surface area (Å²) in [5.41, 5.74) is 2.78. The maximum atomic E-state index is 13.6. The Balaban J connectivity index is 1.81. The van der Waals surface area contributed by atoms with Gasteiger partial charge in [0.15, 0.2) is 0 Å². The molecule has 4 nitrogen and oxygen atoms in total. The highest BCUT2D eigenvalue weighted by atomic mass is 79.9. The van der Waals surface area contributed by atoms with Gasteiger partial charge in [0, 0.05) is 10.2 Å². The quantitative estimate of drug-likeness (QED) is 0.733. The van der Waals surface area contributed by atoms with E-state index in [-0.39, 0.29) is 11.9 Å². The third-order valence-electron chi connectivity index (χ3n) is 3.75. The number of rotatable bonds is 2. The molecule has 0 saturated carbocycles. The first kappa shape index (κ1) is 14.1. The van der Waals surface area contributed by atoms with Gasteiger partial charge in [-0.3, -0.25) is 0 Å². The van der Waals surface area contributed by atoms with Crippen LogP contribution >= 0.6 is 15.9 Å². The molecule has 23 heavy (non-hydrogen) atoms. The van der Waals surface area contributed by atoms with Gasteiger partial charge in [-0.05, 0) is 41.5 Å². The second kappa shape index (κ2) is 5.62. The highest BCUT2D eigenvalue weighted by Crippen LogP contribution is 2.32. The molecule has 0 fully saturated rings. The number of benzene rings is 2. The van der Waals surface area contributed by atoms with Crippen LogP contribution in [0.5, 0.6) is 0 Å². The first-order valence-corrected chi connectivity index (χ1v) is 7.90. The standard InChI is InChI=1S/C17H12BrFN4/c18-13-6-4-11(5-7-13)15-9-16(12-2-1-3-14(19)8-12)23-17(22-15)20-10-21-23/h1-10,16H,(H,20,21,22)/t16-/m1/s1. The van der Waals surface area contributed by atoms with Gasteiger partial charge in [0.05, 0.1) is 0 Å². The van der Waals surface area contributed by atoms with Crippen molar-refractivity contribution >= 4 is 27.6 Å². The van der Waals surface area contributed by atoms with E-state index in [1.54, 1.807) is 10.7 Å². The van der Waals surface area contributed by atoms with Gasteiger partial charge in [-0.25, -0.2) is 9.07 Å². The van der Waals surface area contributed by atoms with Crippen LogP contribution in [0.25, 0.3) is 5.70 Å². The molecule has 0 saturated heterocycles. The van der Waals surface area contributed by atoms with Crippen molar-refractivity contribution in [3.63, 3.8) is 0 Å². The second-order valence-corrected chi connectivity index (χ2v) is 6.16. The number of nitrogens with one attached hydrogen (secondary N) is 1. The van der Waals surface area contributed by atoms with E-state index in [2.05, 4.69) is 31.3 Å². The van der Waals surface area contributed by atoms with Crippen molar-refractivity contribution in [1.82, 2.24) is 14.8 Å². The zero-order chi connectivity index (χ0) is 15.8. The van der Waals surface area contributed by atoms with Crippen molar-refractivity contribution in [3.8, 4) is 0 Å². The molecule has 6 heteroatoms. The van der Waals surface area contributed by atoms with E-state index in [1.165, 1.54) is 18.5 Å². The highest BCUT2D eigenvalue weighted by Gasteiger charge is 2.23. The number of aromatic nitrogens is 3. The number of halogens is 2. The Kier molecular flexibility index (Phi) is 3.46. The Labute approximate surface area is 140 Å². The number of hydrogen-bond donors (Lipinski definition) is 1. The highest BCUT2D eigenvalue weighted by molar-refractivity contribution is 9.10. The van der Waals surface area contributed by atoms with Gasteiger partial charge in [0.2, 0.25) is 5.95 Å². The molecule has 114 valence electrons. The first-order chi connectivity index (χ1) is 11.2. The summed E-state index contributed by atoms with van der Waals surface area (Å²) in [4.78, 5) is 4.25. The molecule has 1 atom stereocenters. The van der Waals surface area contributed by atoms with Crippen molar-refractivity contribution in [2.75, 3.05) is 5.32 Å². The van der Waals surface area contributed by atoms with E-state index in [0.29, 0.717) is 5.95 Å². The van der Waals surface area contributed by atoms with Gasteiger partial charge in [-0.2, -0.15) is 10.1 Å². The van der Waals surface area contributed by atoms with Crippen LogP contribution < -0.4 is 5.32 Å². The summed E-state index contributed by atoms with van der Waals surface area (Å²) in [5, 5.41) is 7.52. The molecule has 0 aliphatic carbocycles. The van der Waals surface area contributed by atoms with Gasteiger partial charge >= 0.3 is 0 Å². The normalized spacial score (nSPS) is 16.4. The summed E-state index contributed by atoms with van der Waals surface area (Å²) in [6.45, 7) is 0. The minimum atomic E-state index is -0.263. The molecular formula is C17H12BrFN4. The molecule has 1 N–H and O–H groups in total. The molecule has 1 aliphatic heterocycles. The molecular weight excluding hydrogens is 359 g/mol. The predicted octanol–water partition coefficient (Wildman–Crippen LogP) is 4.24. The lowest BCUT2D eigenvalue weighted by Crippen LogP contribution is -2.20. The molecule has 0 radical (unpaired) electrons. The number of fused-ring (bicyclic) bond motifs is 1.